The van der Waals surface area contributed by atoms with Gasteiger partial charge in [-0.25, -0.2) is 8.42 Å². The Morgan fingerprint density at radius 3 is 2.42 bits per heavy atom. The Kier molecular flexibility index (Phi) is 6.11. The predicted molar refractivity (Wildman–Crippen MR) is 94.3 cm³/mol. The summed E-state index contributed by atoms with van der Waals surface area (Å²) in [4.78, 5) is 25.3. The first-order valence-electron chi connectivity index (χ1n) is 7.41. The van der Waals surface area contributed by atoms with E-state index in [2.05, 4.69) is 5.32 Å². The number of anilines is 1. The highest BCUT2D eigenvalue weighted by Gasteiger charge is 2.29. The van der Waals surface area contributed by atoms with E-state index in [1.54, 1.807) is 18.2 Å². The molecule has 6 nitrogen and oxygen atoms in total. The number of nitrogens with one attached hydrogen (secondary N) is 1. The third-order valence-corrected chi connectivity index (χ3v) is 6.13. The van der Waals surface area contributed by atoms with Gasteiger partial charge in [-0.05, 0) is 18.6 Å². The zero-order valence-corrected chi connectivity index (χ0v) is 15.4. The highest BCUT2D eigenvalue weighted by Crippen LogP contribution is 2.33. The molecule has 132 valence electrons. The number of amides is 2. The van der Waals surface area contributed by atoms with Crippen LogP contribution in [-0.4, -0.2) is 44.3 Å². The molecular formula is C15H18Cl2N2O4S. The maximum atomic E-state index is 12.0. The molecule has 1 aliphatic rings. The number of hydrogen-bond acceptors (Lipinski definition) is 4. The minimum absolute atomic E-state index is 0.0255. The van der Waals surface area contributed by atoms with Gasteiger partial charge in [0.2, 0.25) is 11.8 Å². The van der Waals surface area contributed by atoms with Crippen molar-refractivity contribution in [2.45, 2.75) is 25.8 Å². The Morgan fingerprint density at radius 1 is 1.29 bits per heavy atom. The highest BCUT2D eigenvalue weighted by molar-refractivity contribution is 7.91. The molecule has 0 bridgehead atoms. The molecule has 1 atom stereocenters. The molecule has 1 N–H and O–H groups in total. The van der Waals surface area contributed by atoms with Crippen molar-refractivity contribution in [1.82, 2.24) is 5.32 Å². The van der Waals surface area contributed by atoms with E-state index in [1.165, 1.54) is 11.8 Å². The lowest BCUT2D eigenvalue weighted by Gasteiger charge is -2.23. The lowest BCUT2D eigenvalue weighted by Crippen LogP contribution is -2.39. The summed E-state index contributed by atoms with van der Waals surface area (Å²) < 4.78 is 22.8. The minimum Gasteiger partial charge on any atom is -0.352 e. The molecule has 1 aromatic carbocycles. The van der Waals surface area contributed by atoms with Gasteiger partial charge in [-0.2, -0.15) is 0 Å². The average Bonchev–Trinajstić information content (AvgIpc) is 2.80. The topological polar surface area (TPSA) is 83.6 Å². The summed E-state index contributed by atoms with van der Waals surface area (Å²) in [5.41, 5.74) is 0.365. The van der Waals surface area contributed by atoms with E-state index in [9.17, 15) is 18.0 Å². The van der Waals surface area contributed by atoms with Gasteiger partial charge < -0.3 is 10.2 Å². The van der Waals surface area contributed by atoms with E-state index in [0.717, 1.165) is 0 Å². The molecule has 1 unspecified atom stereocenters. The van der Waals surface area contributed by atoms with Gasteiger partial charge in [0, 0.05) is 25.9 Å². The molecule has 1 heterocycles. The fraction of sp³-hybridized carbons (Fsp3) is 0.467. The van der Waals surface area contributed by atoms with Crippen molar-refractivity contribution in [3.8, 4) is 0 Å². The van der Waals surface area contributed by atoms with Crippen LogP contribution in [0.2, 0.25) is 10.0 Å². The van der Waals surface area contributed by atoms with Crippen molar-refractivity contribution in [3.05, 3.63) is 28.2 Å². The maximum Gasteiger partial charge on any atom is 0.223 e. The molecule has 9 heteroatoms. The van der Waals surface area contributed by atoms with Gasteiger partial charge in [0.15, 0.2) is 9.84 Å². The smallest absolute Gasteiger partial charge is 0.223 e. The van der Waals surface area contributed by atoms with E-state index in [4.69, 9.17) is 23.2 Å². The number of hydrogen-bond donors (Lipinski definition) is 1. The lowest BCUT2D eigenvalue weighted by atomic mass is 10.2. The molecule has 1 aliphatic heterocycles. The number of benzene rings is 1. The molecule has 1 fully saturated rings. The molecule has 0 aliphatic carbocycles. The molecule has 1 aromatic rings. The van der Waals surface area contributed by atoms with Gasteiger partial charge >= 0.3 is 0 Å². The van der Waals surface area contributed by atoms with Crippen molar-refractivity contribution in [2.75, 3.05) is 23.0 Å². The van der Waals surface area contributed by atoms with Crippen molar-refractivity contribution in [3.63, 3.8) is 0 Å². The second-order valence-electron chi connectivity index (χ2n) is 5.66. The Bertz CT molecular complexity index is 732. The number of carbonyl (C=O) groups is 2. The Labute approximate surface area is 151 Å². The van der Waals surface area contributed by atoms with Crippen molar-refractivity contribution < 1.29 is 18.0 Å². The summed E-state index contributed by atoms with van der Waals surface area (Å²) in [5, 5.41) is 3.33. The van der Waals surface area contributed by atoms with Crippen LogP contribution in [0.3, 0.4) is 0 Å². The SMILES string of the molecule is CC(=O)N(CCC(=O)NC1CCS(=O)(=O)C1)c1c(Cl)cccc1Cl. The van der Waals surface area contributed by atoms with Crippen LogP contribution in [-0.2, 0) is 19.4 Å². The van der Waals surface area contributed by atoms with Gasteiger partial charge in [-0.3, -0.25) is 9.59 Å². The van der Waals surface area contributed by atoms with Gasteiger partial charge in [-0.15, -0.1) is 0 Å². The monoisotopic (exact) mass is 392 g/mol. The number of carbonyl (C=O) groups excluding carboxylic acids is 2. The van der Waals surface area contributed by atoms with Crippen molar-refractivity contribution >= 4 is 50.5 Å². The Morgan fingerprint density at radius 2 is 1.92 bits per heavy atom. The van der Waals surface area contributed by atoms with Crippen LogP contribution in [0, 0.1) is 0 Å². The first kappa shape index (κ1) is 19.0. The first-order chi connectivity index (χ1) is 11.2. The van der Waals surface area contributed by atoms with E-state index in [1.807, 2.05) is 0 Å². The quantitative estimate of drug-likeness (QED) is 0.830. The Balaban J connectivity index is 2.00. The Hall–Kier alpha value is -1.31. The molecular weight excluding hydrogens is 375 g/mol. The number of nitrogens with zero attached hydrogens (tertiary/aromatic N) is 1. The van der Waals surface area contributed by atoms with Gasteiger partial charge in [0.25, 0.3) is 0 Å². The van der Waals surface area contributed by atoms with E-state index < -0.39 is 9.84 Å². The zero-order chi connectivity index (χ0) is 17.9. The van der Waals surface area contributed by atoms with Crippen LogP contribution in [0.15, 0.2) is 18.2 Å². The highest BCUT2D eigenvalue weighted by atomic mass is 35.5. The fourth-order valence-electron chi connectivity index (χ4n) is 2.60. The third kappa shape index (κ3) is 4.84. The van der Waals surface area contributed by atoms with Gasteiger partial charge in [0.05, 0.1) is 27.2 Å². The number of halogens is 2. The molecule has 24 heavy (non-hydrogen) atoms. The lowest BCUT2D eigenvalue weighted by molar-refractivity contribution is -0.121. The third-order valence-electron chi connectivity index (χ3n) is 3.75. The number of para-hydroxylation sites is 1. The van der Waals surface area contributed by atoms with Crippen LogP contribution in [0.5, 0.6) is 0 Å². The number of rotatable bonds is 5. The molecule has 0 radical (unpaired) electrons. The molecule has 1 saturated heterocycles. The summed E-state index contributed by atoms with van der Waals surface area (Å²) >= 11 is 12.2. The molecule has 2 rings (SSSR count). The van der Waals surface area contributed by atoms with Crippen molar-refractivity contribution in [1.29, 1.82) is 0 Å². The van der Waals surface area contributed by atoms with E-state index in [-0.39, 0.29) is 42.3 Å². The normalized spacial score (nSPS) is 19.0. The van der Waals surface area contributed by atoms with E-state index in [0.29, 0.717) is 22.2 Å². The van der Waals surface area contributed by atoms with E-state index >= 15 is 0 Å². The van der Waals surface area contributed by atoms with Crippen molar-refractivity contribution in [2.24, 2.45) is 0 Å². The standard InChI is InChI=1S/C15H18Cl2N2O4S/c1-10(20)19(15-12(16)3-2-4-13(15)17)7-5-14(21)18-11-6-8-24(22,23)9-11/h2-4,11H,5-9H2,1H3,(H,18,21). The summed E-state index contributed by atoms with van der Waals surface area (Å²) in [6.07, 6.45) is 0.443. The molecule has 2 amide bonds. The average molecular weight is 393 g/mol. The minimum atomic E-state index is -3.05. The second-order valence-corrected chi connectivity index (χ2v) is 8.70. The largest absolute Gasteiger partial charge is 0.352 e. The summed E-state index contributed by atoms with van der Waals surface area (Å²) in [5.74, 6) is -0.550. The fourth-order valence-corrected chi connectivity index (χ4v) is 4.87. The molecule has 0 saturated carbocycles. The summed E-state index contributed by atoms with van der Waals surface area (Å²) in [6.45, 7) is 1.46. The zero-order valence-electron chi connectivity index (χ0n) is 13.1. The molecule has 0 spiro atoms. The summed E-state index contributed by atoms with van der Waals surface area (Å²) in [6, 6.07) is 4.53. The second kappa shape index (κ2) is 7.72. The predicted octanol–water partition coefficient (Wildman–Crippen LogP) is 2.04. The van der Waals surface area contributed by atoms with Crippen LogP contribution in [0.4, 0.5) is 5.69 Å². The van der Waals surface area contributed by atoms with Gasteiger partial charge in [-0.1, -0.05) is 29.3 Å². The first-order valence-corrected chi connectivity index (χ1v) is 9.99. The van der Waals surface area contributed by atoms with Gasteiger partial charge in [0.1, 0.15) is 0 Å². The number of sulfone groups is 1. The van der Waals surface area contributed by atoms with Crippen LogP contribution < -0.4 is 10.2 Å². The summed E-state index contributed by atoms with van der Waals surface area (Å²) in [7, 11) is -3.05. The van der Waals surface area contributed by atoms with Crippen LogP contribution in [0.25, 0.3) is 0 Å². The molecule has 0 aromatic heterocycles. The van der Waals surface area contributed by atoms with Crippen LogP contribution >= 0.6 is 23.2 Å². The van der Waals surface area contributed by atoms with Crippen LogP contribution in [0.1, 0.15) is 19.8 Å². The maximum absolute atomic E-state index is 12.0.